The van der Waals surface area contributed by atoms with Crippen LogP contribution >= 0.6 is 23.5 Å². The van der Waals surface area contributed by atoms with Crippen LogP contribution in [0.1, 0.15) is 38.0 Å². The van der Waals surface area contributed by atoms with E-state index >= 15 is 0 Å². The van der Waals surface area contributed by atoms with E-state index in [1.165, 1.54) is 18.2 Å². The highest BCUT2D eigenvalue weighted by Gasteiger charge is 2.50. The SMILES string of the molecule is CSCc1nnc(SC[C@]23CCCC[C@H]2CC(=O)O3)o1. The molecule has 1 saturated heterocycles. The minimum absolute atomic E-state index is 0.0499. The summed E-state index contributed by atoms with van der Waals surface area (Å²) in [6, 6.07) is 0. The van der Waals surface area contributed by atoms with Gasteiger partial charge in [-0.3, -0.25) is 4.79 Å². The lowest BCUT2D eigenvalue weighted by molar-refractivity contribution is -0.148. The Balaban J connectivity index is 1.64. The molecule has 1 aromatic heterocycles. The Morgan fingerprint density at radius 1 is 1.40 bits per heavy atom. The van der Waals surface area contributed by atoms with Crippen LogP contribution in [0.3, 0.4) is 0 Å². The average Bonchev–Trinajstić information content (AvgIpc) is 3.00. The summed E-state index contributed by atoms with van der Waals surface area (Å²) < 4.78 is 11.2. The second-order valence-corrected chi connectivity index (χ2v) is 7.16. The largest absolute Gasteiger partial charge is 0.458 e. The molecule has 0 bridgehead atoms. The van der Waals surface area contributed by atoms with E-state index in [1.54, 1.807) is 11.8 Å². The van der Waals surface area contributed by atoms with Crippen molar-refractivity contribution in [3.63, 3.8) is 0 Å². The molecule has 1 aliphatic heterocycles. The molecule has 0 radical (unpaired) electrons. The predicted molar refractivity (Wildman–Crippen MR) is 77.6 cm³/mol. The Hall–Kier alpha value is -0.690. The number of rotatable bonds is 5. The van der Waals surface area contributed by atoms with Crippen molar-refractivity contribution in [2.24, 2.45) is 5.92 Å². The minimum atomic E-state index is -0.297. The number of esters is 1. The molecule has 1 aromatic rings. The number of carbonyl (C=O) groups is 1. The molecule has 1 aliphatic carbocycles. The number of hydrogen-bond acceptors (Lipinski definition) is 7. The molecule has 2 aliphatic rings. The van der Waals surface area contributed by atoms with Crippen LogP contribution in [-0.4, -0.2) is 33.8 Å². The van der Waals surface area contributed by atoms with Crippen molar-refractivity contribution < 1.29 is 13.9 Å². The molecule has 2 fully saturated rings. The number of carbonyl (C=O) groups excluding carboxylic acids is 1. The van der Waals surface area contributed by atoms with Gasteiger partial charge in [-0.15, -0.1) is 10.2 Å². The van der Waals surface area contributed by atoms with Crippen LogP contribution < -0.4 is 0 Å². The van der Waals surface area contributed by atoms with Gasteiger partial charge < -0.3 is 9.15 Å². The Morgan fingerprint density at radius 3 is 3.15 bits per heavy atom. The normalized spacial score (nSPS) is 29.2. The number of aromatic nitrogens is 2. The van der Waals surface area contributed by atoms with Gasteiger partial charge in [0.2, 0.25) is 5.89 Å². The van der Waals surface area contributed by atoms with Crippen LogP contribution in [0.25, 0.3) is 0 Å². The zero-order chi connectivity index (χ0) is 14.0. The van der Waals surface area contributed by atoms with Crippen LogP contribution in [0.5, 0.6) is 0 Å². The first-order chi connectivity index (χ1) is 9.72. The van der Waals surface area contributed by atoms with E-state index in [2.05, 4.69) is 10.2 Å². The molecule has 0 spiro atoms. The zero-order valence-corrected chi connectivity index (χ0v) is 13.1. The Kier molecular flexibility index (Phi) is 4.26. The van der Waals surface area contributed by atoms with Crippen molar-refractivity contribution >= 4 is 29.5 Å². The third kappa shape index (κ3) is 2.83. The molecule has 2 heterocycles. The number of ether oxygens (including phenoxy) is 1. The van der Waals surface area contributed by atoms with Crippen molar-refractivity contribution in [3.8, 4) is 0 Å². The molecule has 5 nitrogen and oxygen atoms in total. The van der Waals surface area contributed by atoms with E-state index in [0.717, 1.165) is 30.8 Å². The quantitative estimate of drug-likeness (QED) is 0.611. The Morgan fingerprint density at radius 2 is 2.30 bits per heavy atom. The van der Waals surface area contributed by atoms with Gasteiger partial charge in [-0.25, -0.2) is 0 Å². The van der Waals surface area contributed by atoms with E-state index in [4.69, 9.17) is 9.15 Å². The number of hydrogen-bond donors (Lipinski definition) is 0. The third-order valence-corrected chi connectivity index (χ3v) is 5.61. The van der Waals surface area contributed by atoms with Crippen LogP contribution in [0, 0.1) is 5.92 Å². The van der Waals surface area contributed by atoms with Crippen molar-refractivity contribution in [1.82, 2.24) is 10.2 Å². The first-order valence-corrected chi connectivity index (χ1v) is 9.26. The van der Waals surface area contributed by atoms with Gasteiger partial charge in [0, 0.05) is 11.7 Å². The highest BCUT2D eigenvalue weighted by atomic mass is 32.2. The highest BCUT2D eigenvalue weighted by Crippen LogP contribution is 2.46. The van der Waals surface area contributed by atoms with E-state index in [1.807, 2.05) is 6.26 Å². The maximum absolute atomic E-state index is 11.6. The fourth-order valence-electron chi connectivity index (χ4n) is 3.06. The predicted octanol–water partition coefficient (Wildman–Crippen LogP) is 2.90. The summed E-state index contributed by atoms with van der Waals surface area (Å²) in [4.78, 5) is 11.6. The summed E-state index contributed by atoms with van der Waals surface area (Å²) in [5.41, 5.74) is -0.297. The molecule has 1 saturated carbocycles. The fourth-order valence-corrected chi connectivity index (χ4v) is 4.48. The minimum Gasteiger partial charge on any atom is -0.458 e. The first-order valence-electron chi connectivity index (χ1n) is 6.88. The van der Waals surface area contributed by atoms with Gasteiger partial charge in [0.1, 0.15) is 5.60 Å². The van der Waals surface area contributed by atoms with E-state index < -0.39 is 0 Å². The second kappa shape index (κ2) is 5.97. The van der Waals surface area contributed by atoms with Gasteiger partial charge in [0.05, 0.1) is 12.2 Å². The Labute approximate surface area is 126 Å². The van der Waals surface area contributed by atoms with Crippen molar-refractivity contribution in [2.45, 2.75) is 48.7 Å². The lowest BCUT2D eigenvalue weighted by Crippen LogP contribution is -2.40. The van der Waals surface area contributed by atoms with Crippen molar-refractivity contribution in [3.05, 3.63) is 5.89 Å². The zero-order valence-electron chi connectivity index (χ0n) is 11.5. The molecule has 7 heteroatoms. The van der Waals surface area contributed by atoms with Crippen molar-refractivity contribution in [2.75, 3.05) is 12.0 Å². The highest BCUT2D eigenvalue weighted by molar-refractivity contribution is 7.99. The molecule has 20 heavy (non-hydrogen) atoms. The van der Waals surface area contributed by atoms with Crippen molar-refractivity contribution in [1.29, 1.82) is 0 Å². The van der Waals surface area contributed by atoms with Gasteiger partial charge >= 0.3 is 5.97 Å². The molecular formula is C13H18N2O3S2. The summed E-state index contributed by atoms with van der Waals surface area (Å²) in [5.74, 6) is 2.43. The van der Waals surface area contributed by atoms with E-state index in [-0.39, 0.29) is 11.6 Å². The molecule has 0 N–H and O–H groups in total. The molecule has 3 rings (SSSR count). The number of thioether (sulfide) groups is 2. The molecule has 0 unspecified atom stereocenters. The lowest BCUT2D eigenvalue weighted by Gasteiger charge is -2.36. The van der Waals surface area contributed by atoms with Crippen LogP contribution in [0.4, 0.5) is 0 Å². The average molecular weight is 314 g/mol. The van der Waals surface area contributed by atoms with E-state index in [9.17, 15) is 4.79 Å². The Bertz CT molecular complexity index is 494. The summed E-state index contributed by atoms with van der Waals surface area (Å²) >= 11 is 3.17. The van der Waals surface area contributed by atoms with Crippen LogP contribution in [-0.2, 0) is 15.3 Å². The fraction of sp³-hybridized carbons (Fsp3) is 0.769. The molecule has 0 aromatic carbocycles. The molecule has 0 amide bonds. The lowest BCUT2D eigenvalue weighted by atomic mass is 9.76. The molecule has 2 atom stereocenters. The topological polar surface area (TPSA) is 65.2 Å². The summed E-state index contributed by atoms with van der Waals surface area (Å²) in [7, 11) is 0. The standard InChI is InChI=1S/C13H18N2O3S2/c1-19-7-10-14-15-12(17-10)20-8-13-5-3-2-4-9(13)6-11(16)18-13/h9H,2-8H2,1H3/t9-,13+/m0/s1. The second-order valence-electron chi connectivity index (χ2n) is 5.37. The van der Waals surface area contributed by atoms with Gasteiger partial charge in [0.15, 0.2) is 0 Å². The van der Waals surface area contributed by atoms with Crippen LogP contribution in [0.2, 0.25) is 0 Å². The monoisotopic (exact) mass is 314 g/mol. The molecular weight excluding hydrogens is 296 g/mol. The first kappa shape index (κ1) is 14.3. The summed E-state index contributed by atoms with van der Waals surface area (Å²) in [6.45, 7) is 0. The van der Waals surface area contributed by atoms with Gasteiger partial charge in [-0.1, -0.05) is 18.2 Å². The summed E-state index contributed by atoms with van der Waals surface area (Å²) in [5, 5.41) is 8.62. The number of nitrogens with zero attached hydrogens (tertiary/aromatic N) is 2. The van der Waals surface area contributed by atoms with Gasteiger partial charge in [-0.2, -0.15) is 11.8 Å². The smallest absolute Gasteiger partial charge is 0.306 e. The van der Waals surface area contributed by atoms with Crippen LogP contribution in [0.15, 0.2) is 9.64 Å². The maximum atomic E-state index is 11.6. The summed E-state index contributed by atoms with van der Waals surface area (Å²) in [6.07, 6.45) is 6.96. The maximum Gasteiger partial charge on any atom is 0.306 e. The molecule has 110 valence electrons. The number of fused-ring (bicyclic) bond motifs is 1. The van der Waals surface area contributed by atoms with Gasteiger partial charge in [-0.05, 0) is 25.5 Å². The third-order valence-electron chi connectivity index (χ3n) is 4.03. The van der Waals surface area contributed by atoms with E-state index in [0.29, 0.717) is 23.5 Å². The van der Waals surface area contributed by atoms with Gasteiger partial charge in [0.25, 0.3) is 5.22 Å².